The summed E-state index contributed by atoms with van der Waals surface area (Å²) in [4.78, 5) is 13.4. The Morgan fingerprint density at radius 1 is 1.17 bits per heavy atom. The summed E-state index contributed by atoms with van der Waals surface area (Å²) < 4.78 is 2.01. The minimum atomic E-state index is -0.259. The SMILES string of the molecule is O=[N+]([O-])c1cc2cn(C3CCNCC3)nc2cc1N1CCCCC1. The second kappa shape index (κ2) is 6.39. The van der Waals surface area contributed by atoms with Crippen LogP contribution in [-0.2, 0) is 0 Å². The summed E-state index contributed by atoms with van der Waals surface area (Å²) in [7, 11) is 0. The van der Waals surface area contributed by atoms with Gasteiger partial charge in [-0.3, -0.25) is 14.8 Å². The third kappa shape index (κ3) is 2.84. The van der Waals surface area contributed by atoms with Crippen LogP contribution in [0.1, 0.15) is 38.1 Å². The summed E-state index contributed by atoms with van der Waals surface area (Å²) in [5, 5.41) is 20.5. The van der Waals surface area contributed by atoms with Gasteiger partial charge in [-0.25, -0.2) is 0 Å². The Bertz CT molecular complexity index is 745. The zero-order valence-electron chi connectivity index (χ0n) is 13.8. The van der Waals surface area contributed by atoms with Crippen LogP contribution in [0.2, 0.25) is 0 Å². The molecule has 4 rings (SSSR count). The number of nitro benzene ring substituents is 1. The zero-order chi connectivity index (χ0) is 16.5. The number of rotatable bonds is 3. The number of anilines is 1. The Labute approximate surface area is 140 Å². The van der Waals surface area contributed by atoms with Crippen LogP contribution in [0, 0.1) is 10.1 Å². The molecule has 0 saturated carbocycles. The molecule has 2 aromatic rings. The molecule has 2 saturated heterocycles. The average molecular weight is 329 g/mol. The number of nitrogens with one attached hydrogen (secondary N) is 1. The topological polar surface area (TPSA) is 76.2 Å². The van der Waals surface area contributed by atoms with Gasteiger partial charge in [0.2, 0.25) is 0 Å². The molecule has 2 aliphatic heterocycles. The van der Waals surface area contributed by atoms with Crippen LogP contribution in [0.25, 0.3) is 10.9 Å². The smallest absolute Gasteiger partial charge is 0.293 e. The first-order valence-electron chi connectivity index (χ1n) is 8.85. The van der Waals surface area contributed by atoms with Crippen molar-refractivity contribution in [3.05, 3.63) is 28.4 Å². The zero-order valence-corrected chi connectivity index (χ0v) is 13.8. The number of fused-ring (bicyclic) bond motifs is 1. The maximum absolute atomic E-state index is 11.6. The third-order valence-electron chi connectivity index (χ3n) is 5.19. The van der Waals surface area contributed by atoms with E-state index in [0.29, 0.717) is 6.04 Å². The molecule has 1 aromatic carbocycles. The largest absolute Gasteiger partial charge is 0.366 e. The van der Waals surface area contributed by atoms with Crippen molar-refractivity contribution in [3.8, 4) is 0 Å². The molecule has 2 aliphatic rings. The number of aromatic nitrogens is 2. The van der Waals surface area contributed by atoms with E-state index in [2.05, 4.69) is 10.2 Å². The van der Waals surface area contributed by atoms with E-state index >= 15 is 0 Å². The third-order valence-corrected chi connectivity index (χ3v) is 5.19. The van der Waals surface area contributed by atoms with Gasteiger partial charge in [0.15, 0.2) is 0 Å². The first kappa shape index (κ1) is 15.4. The number of hydrogen-bond donors (Lipinski definition) is 1. The van der Waals surface area contributed by atoms with E-state index in [1.807, 2.05) is 16.9 Å². The van der Waals surface area contributed by atoms with Crippen molar-refractivity contribution in [1.82, 2.24) is 15.1 Å². The number of benzene rings is 1. The Morgan fingerprint density at radius 3 is 2.62 bits per heavy atom. The van der Waals surface area contributed by atoms with Crippen LogP contribution < -0.4 is 10.2 Å². The number of nitrogens with zero attached hydrogens (tertiary/aromatic N) is 4. The monoisotopic (exact) mass is 329 g/mol. The summed E-state index contributed by atoms with van der Waals surface area (Å²) in [5.41, 5.74) is 1.79. The first-order valence-corrected chi connectivity index (χ1v) is 8.85. The van der Waals surface area contributed by atoms with Crippen molar-refractivity contribution in [1.29, 1.82) is 0 Å². The van der Waals surface area contributed by atoms with Crippen LogP contribution >= 0.6 is 0 Å². The molecule has 7 heteroatoms. The first-order chi connectivity index (χ1) is 11.7. The molecule has 1 N–H and O–H groups in total. The minimum Gasteiger partial charge on any atom is -0.366 e. The molecular weight excluding hydrogens is 306 g/mol. The van der Waals surface area contributed by atoms with Crippen LogP contribution in [0.5, 0.6) is 0 Å². The lowest BCUT2D eigenvalue weighted by Crippen LogP contribution is -2.30. The molecule has 0 aliphatic carbocycles. The highest BCUT2D eigenvalue weighted by atomic mass is 16.6. The van der Waals surface area contributed by atoms with E-state index < -0.39 is 0 Å². The minimum absolute atomic E-state index is 0.203. The molecule has 128 valence electrons. The molecule has 0 spiro atoms. The molecule has 0 atom stereocenters. The van der Waals surface area contributed by atoms with Crippen molar-refractivity contribution in [2.75, 3.05) is 31.1 Å². The summed E-state index contributed by atoms with van der Waals surface area (Å²) >= 11 is 0. The molecule has 1 aromatic heterocycles. The second-order valence-electron chi connectivity index (χ2n) is 6.79. The van der Waals surface area contributed by atoms with Gasteiger partial charge >= 0.3 is 0 Å². The van der Waals surface area contributed by atoms with Crippen molar-refractivity contribution in [3.63, 3.8) is 0 Å². The van der Waals surface area contributed by atoms with Gasteiger partial charge in [-0.05, 0) is 51.3 Å². The van der Waals surface area contributed by atoms with Gasteiger partial charge in [0.05, 0.1) is 16.5 Å². The Hall–Kier alpha value is -2.15. The van der Waals surface area contributed by atoms with Crippen LogP contribution in [0.3, 0.4) is 0 Å². The number of hydrogen-bond acceptors (Lipinski definition) is 5. The summed E-state index contributed by atoms with van der Waals surface area (Å²) in [6.45, 7) is 3.78. The van der Waals surface area contributed by atoms with E-state index in [-0.39, 0.29) is 10.6 Å². The van der Waals surface area contributed by atoms with Crippen LogP contribution in [0.15, 0.2) is 18.3 Å². The maximum Gasteiger partial charge on any atom is 0.293 e. The second-order valence-corrected chi connectivity index (χ2v) is 6.79. The van der Waals surface area contributed by atoms with Crippen LogP contribution in [0.4, 0.5) is 11.4 Å². The lowest BCUT2D eigenvalue weighted by Gasteiger charge is -2.28. The molecule has 24 heavy (non-hydrogen) atoms. The summed E-state index contributed by atoms with van der Waals surface area (Å²) in [5.74, 6) is 0. The van der Waals surface area contributed by atoms with Crippen molar-refractivity contribution >= 4 is 22.3 Å². The normalized spacial score (nSPS) is 19.8. The van der Waals surface area contributed by atoms with Gasteiger partial charge in [-0.15, -0.1) is 0 Å². The van der Waals surface area contributed by atoms with Crippen molar-refractivity contribution in [2.24, 2.45) is 0 Å². The van der Waals surface area contributed by atoms with Gasteiger partial charge < -0.3 is 10.2 Å². The fourth-order valence-corrected chi connectivity index (χ4v) is 3.86. The van der Waals surface area contributed by atoms with Gasteiger partial charge in [0.1, 0.15) is 5.69 Å². The van der Waals surface area contributed by atoms with Gasteiger partial charge in [0.25, 0.3) is 5.69 Å². The molecule has 0 unspecified atom stereocenters. The van der Waals surface area contributed by atoms with E-state index in [1.54, 1.807) is 6.07 Å². The Kier molecular flexibility index (Phi) is 4.10. The summed E-state index contributed by atoms with van der Waals surface area (Å²) in [6.07, 6.45) is 7.47. The molecule has 0 amide bonds. The highest BCUT2D eigenvalue weighted by molar-refractivity contribution is 5.87. The lowest BCUT2D eigenvalue weighted by atomic mass is 10.1. The number of nitro groups is 1. The van der Waals surface area contributed by atoms with Gasteiger partial charge in [-0.2, -0.15) is 5.10 Å². The molecule has 0 bridgehead atoms. The molecular formula is C17H23N5O2. The average Bonchev–Trinajstić information content (AvgIpc) is 3.05. The molecule has 7 nitrogen and oxygen atoms in total. The highest BCUT2D eigenvalue weighted by Gasteiger charge is 2.24. The van der Waals surface area contributed by atoms with E-state index in [0.717, 1.165) is 68.5 Å². The fourth-order valence-electron chi connectivity index (χ4n) is 3.86. The van der Waals surface area contributed by atoms with E-state index in [1.165, 1.54) is 6.42 Å². The maximum atomic E-state index is 11.6. The van der Waals surface area contributed by atoms with Gasteiger partial charge in [-0.1, -0.05) is 0 Å². The van der Waals surface area contributed by atoms with Crippen molar-refractivity contribution in [2.45, 2.75) is 38.1 Å². The molecule has 2 fully saturated rings. The quantitative estimate of drug-likeness (QED) is 0.692. The fraction of sp³-hybridized carbons (Fsp3) is 0.588. The summed E-state index contributed by atoms with van der Waals surface area (Å²) in [6, 6.07) is 4.00. The molecule has 0 radical (unpaired) electrons. The van der Waals surface area contributed by atoms with E-state index in [4.69, 9.17) is 5.10 Å². The lowest BCUT2D eigenvalue weighted by molar-refractivity contribution is -0.384. The van der Waals surface area contributed by atoms with Gasteiger partial charge in [0, 0.05) is 30.7 Å². The standard InChI is InChI=1S/C17H23N5O2/c23-22(24)17-10-13-12-21(14-4-6-18-7-5-14)19-15(13)11-16(17)20-8-2-1-3-9-20/h10-12,14,18H,1-9H2. The molecule has 3 heterocycles. The number of piperidine rings is 2. The Balaban J connectivity index is 1.74. The predicted octanol–water partition coefficient (Wildman–Crippen LogP) is 2.86. The van der Waals surface area contributed by atoms with E-state index in [9.17, 15) is 10.1 Å². The van der Waals surface area contributed by atoms with Crippen LogP contribution in [-0.4, -0.2) is 40.9 Å². The highest BCUT2D eigenvalue weighted by Crippen LogP contribution is 2.35. The predicted molar refractivity (Wildman–Crippen MR) is 93.6 cm³/mol. The Morgan fingerprint density at radius 2 is 1.92 bits per heavy atom. The van der Waals surface area contributed by atoms with Crippen molar-refractivity contribution < 1.29 is 4.92 Å².